The fourth-order valence-electron chi connectivity index (χ4n) is 2.13. The molecule has 0 spiro atoms. The number of ketones is 1. The number of para-hydroxylation sites is 1. The fourth-order valence-corrected chi connectivity index (χ4v) is 2.13. The van der Waals surface area contributed by atoms with E-state index in [2.05, 4.69) is 0 Å². The van der Waals surface area contributed by atoms with Crippen molar-refractivity contribution in [2.45, 2.75) is 0 Å². The van der Waals surface area contributed by atoms with E-state index in [1.54, 1.807) is 18.2 Å². The van der Waals surface area contributed by atoms with E-state index in [1.807, 2.05) is 30.3 Å². The van der Waals surface area contributed by atoms with Gasteiger partial charge in [0.05, 0.1) is 0 Å². The van der Waals surface area contributed by atoms with E-state index in [4.69, 9.17) is 4.74 Å². The monoisotopic (exact) mass is 278 g/mol. The van der Waals surface area contributed by atoms with Crippen molar-refractivity contribution in [2.75, 3.05) is 6.61 Å². The molecule has 21 heavy (non-hydrogen) atoms. The van der Waals surface area contributed by atoms with Crippen LogP contribution in [0.5, 0.6) is 11.5 Å². The number of allylic oxidation sites excluding steroid dienone is 1. The zero-order chi connectivity index (χ0) is 14.7. The number of benzene rings is 2. The normalized spacial score (nSPS) is 13.4. The van der Waals surface area contributed by atoms with Crippen LogP contribution in [-0.2, 0) is 0 Å². The highest BCUT2D eigenvalue weighted by atomic mass is 16.5. The second kappa shape index (κ2) is 5.67. The lowest BCUT2D eigenvalue weighted by atomic mass is 10.1. The first-order chi connectivity index (χ1) is 10.2. The van der Waals surface area contributed by atoms with Gasteiger partial charge in [-0.3, -0.25) is 4.79 Å². The first kappa shape index (κ1) is 13.2. The van der Waals surface area contributed by atoms with Gasteiger partial charge in [0.2, 0.25) is 0 Å². The number of carbonyl (C=O) groups is 1. The second-order valence-electron chi connectivity index (χ2n) is 4.79. The van der Waals surface area contributed by atoms with Crippen molar-refractivity contribution >= 4 is 11.9 Å². The fraction of sp³-hybridized carbons (Fsp3) is 0.0556. The maximum atomic E-state index is 12.0. The molecule has 0 aromatic heterocycles. The van der Waals surface area contributed by atoms with Crippen molar-refractivity contribution in [3.8, 4) is 11.5 Å². The molecule has 0 bridgehead atoms. The quantitative estimate of drug-likeness (QED) is 0.689. The summed E-state index contributed by atoms with van der Waals surface area (Å²) in [4.78, 5) is 12.0. The van der Waals surface area contributed by atoms with Gasteiger partial charge in [0.15, 0.2) is 5.78 Å². The molecule has 0 radical (unpaired) electrons. The molecule has 104 valence electrons. The van der Waals surface area contributed by atoms with E-state index in [1.165, 1.54) is 18.2 Å². The van der Waals surface area contributed by atoms with Gasteiger partial charge in [0.25, 0.3) is 0 Å². The van der Waals surface area contributed by atoms with Crippen LogP contribution in [0.25, 0.3) is 6.08 Å². The van der Waals surface area contributed by atoms with Gasteiger partial charge in [-0.05, 0) is 48.1 Å². The summed E-state index contributed by atoms with van der Waals surface area (Å²) in [7, 11) is 0. The van der Waals surface area contributed by atoms with Crippen LogP contribution in [0.2, 0.25) is 0 Å². The van der Waals surface area contributed by atoms with E-state index in [0.717, 1.165) is 16.9 Å². The lowest BCUT2D eigenvalue weighted by molar-refractivity contribution is 0.104. The molecule has 0 unspecified atom stereocenters. The molecule has 0 saturated carbocycles. The van der Waals surface area contributed by atoms with Crippen LogP contribution in [-0.4, -0.2) is 17.5 Å². The van der Waals surface area contributed by atoms with Gasteiger partial charge in [-0.25, -0.2) is 0 Å². The Morgan fingerprint density at radius 3 is 2.67 bits per heavy atom. The largest absolute Gasteiger partial charge is 0.508 e. The number of phenols is 1. The van der Waals surface area contributed by atoms with Crippen LogP contribution in [0.4, 0.5) is 0 Å². The van der Waals surface area contributed by atoms with Gasteiger partial charge in [-0.1, -0.05) is 24.3 Å². The van der Waals surface area contributed by atoms with Gasteiger partial charge in [-0.2, -0.15) is 0 Å². The summed E-state index contributed by atoms with van der Waals surface area (Å²) in [6.45, 7) is 0.455. The third-order valence-electron chi connectivity index (χ3n) is 3.25. The number of fused-ring (bicyclic) bond motifs is 1. The lowest BCUT2D eigenvalue weighted by Gasteiger charge is -2.15. The van der Waals surface area contributed by atoms with Crippen molar-refractivity contribution < 1.29 is 14.6 Å². The second-order valence-corrected chi connectivity index (χ2v) is 4.79. The zero-order valence-electron chi connectivity index (χ0n) is 11.3. The summed E-state index contributed by atoms with van der Waals surface area (Å²) in [5.74, 6) is 0.907. The Balaban J connectivity index is 1.76. The van der Waals surface area contributed by atoms with Gasteiger partial charge < -0.3 is 9.84 Å². The van der Waals surface area contributed by atoms with Crippen molar-refractivity contribution in [3.05, 3.63) is 77.4 Å². The maximum Gasteiger partial charge on any atom is 0.185 e. The summed E-state index contributed by atoms with van der Waals surface area (Å²) < 4.78 is 5.63. The minimum atomic E-state index is -0.102. The predicted molar refractivity (Wildman–Crippen MR) is 81.5 cm³/mol. The molecule has 0 atom stereocenters. The number of rotatable bonds is 3. The molecule has 1 aliphatic rings. The first-order valence-corrected chi connectivity index (χ1v) is 6.66. The minimum absolute atomic E-state index is 0.102. The summed E-state index contributed by atoms with van der Waals surface area (Å²) >= 11 is 0. The first-order valence-electron chi connectivity index (χ1n) is 6.66. The summed E-state index contributed by atoms with van der Waals surface area (Å²) in [5.41, 5.74) is 2.50. The Morgan fingerprint density at radius 2 is 1.86 bits per heavy atom. The Kier molecular flexibility index (Phi) is 3.56. The molecule has 3 heteroatoms. The van der Waals surface area contributed by atoms with Crippen molar-refractivity contribution in [1.29, 1.82) is 0 Å². The maximum absolute atomic E-state index is 12.0. The Labute approximate surface area is 122 Å². The molecular weight excluding hydrogens is 264 g/mol. The Morgan fingerprint density at radius 1 is 1.10 bits per heavy atom. The van der Waals surface area contributed by atoms with Crippen LogP contribution in [0.15, 0.2) is 66.3 Å². The van der Waals surface area contributed by atoms with E-state index in [9.17, 15) is 9.90 Å². The Bertz CT molecular complexity index is 724. The van der Waals surface area contributed by atoms with Crippen molar-refractivity contribution in [2.24, 2.45) is 0 Å². The number of hydrogen-bond acceptors (Lipinski definition) is 3. The third kappa shape index (κ3) is 3.03. The molecular formula is C18H14O3. The highest BCUT2D eigenvalue weighted by molar-refractivity contribution is 6.04. The molecule has 2 aromatic carbocycles. The molecule has 0 amide bonds. The SMILES string of the molecule is O=C(/C=C/C1=Cc2ccccc2OC1)c1ccc(O)cc1. The molecule has 1 heterocycles. The third-order valence-corrected chi connectivity index (χ3v) is 3.25. The summed E-state index contributed by atoms with van der Waals surface area (Å²) in [5, 5.41) is 9.21. The number of hydrogen-bond donors (Lipinski definition) is 1. The highest BCUT2D eigenvalue weighted by Gasteiger charge is 2.09. The topological polar surface area (TPSA) is 46.5 Å². The molecule has 1 N–H and O–H groups in total. The molecule has 0 saturated heterocycles. The lowest BCUT2D eigenvalue weighted by Crippen LogP contribution is -2.06. The number of ether oxygens (including phenoxy) is 1. The van der Waals surface area contributed by atoms with E-state index in [0.29, 0.717) is 12.2 Å². The molecule has 0 aliphatic carbocycles. The minimum Gasteiger partial charge on any atom is -0.508 e. The standard InChI is InChI=1S/C18H14O3/c19-16-8-6-14(7-9-16)17(20)10-5-13-11-15-3-1-2-4-18(15)21-12-13/h1-11,19H,12H2/b10-5+. The van der Waals surface area contributed by atoms with E-state index < -0.39 is 0 Å². The summed E-state index contributed by atoms with van der Waals surface area (Å²) in [6.07, 6.45) is 5.31. The van der Waals surface area contributed by atoms with E-state index >= 15 is 0 Å². The van der Waals surface area contributed by atoms with Crippen molar-refractivity contribution in [3.63, 3.8) is 0 Å². The molecule has 0 fully saturated rings. The molecule has 3 rings (SSSR count). The van der Waals surface area contributed by atoms with Crippen LogP contribution in [0, 0.1) is 0 Å². The Hall–Kier alpha value is -2.81. The zero-order valence-corrected chi connectivity index (χ0v) is 11.3. The number of carbonyl (C=O) groups excluding carboxylic acids is 1. The smallest absolute Gasteiger partial charge is 0.185 e. The number of phenolic OH excluding ortho intramolecular Hbond substituents is 1. The van der Waals surface area contributed by atoms with Gasteiger partial charge in [0, 0.05) is 11.1 Å². The highest BCUT2D eigenvalue weighted by Crippen LogP contribution is 2.26. The van der Waals surface area contributed by atoms with Crippen LogP contribution < -0.4 is 4.74 Å². The van der Waals surface area contributed by atoms with Crippen LogP contribution in [0.3, 0.4) is 0 Å². The van der Waals surface area contributed by atoms with Gasteiger partial charge in [0.1, 0.15) is 18.1 Å². The average molecular weight is 278 g/mol. The van der Waals surface area contributed by atoms with Crippen molar-refractivity contribution in [1.82, 2.24) is 0 Å². The number of aromatic hydroxyl groups is 1. The predicted octanol–water partition coefficient (Wildman–Crippen LogP) is 3.61. The molecule has 3 nitrogen and oxygen atoms in total. The van der Waals surface area contributed by atoms with E-state index in [-0.39, 0.29) is 11.5 Å². The van der Waals surface area contributed by atoms with Gasteiger partial charge in [-0.15, -0.1) is 0 Å². The average Bonchev–Trinajstić information content (AvgIpc) is 2.53. The summed E-state index contributed by atoms with van der Waals surface area (Å²) in [6, 6.07) is 14.0. The van der Waals surface area contributed by atoms with Crippen LogP contribution in [0.1, 0.15) is 15.9 Å². The van der Waals surface area contributed by atoms with Crippen LogP contribution >= 0.6 is 0 Å². The molecule has 2 aromatic rings. The van der Waals surface area contributed by atoms with Gasteiger partial charge >= 0.3 is 0 Å². The molecule has 1 aliphatic heterocycles.